The smallest absolute Gasteiger partial charge is 0.288 e. The number of nitrogens with zero attached hydrogens (tertiary/aromatic N) is 4. The van der Waals surface area contributed by atoms with E-state index in [0.29, 0.717) is 11.3 Å². The number of para-hydroxylation sites is 2. The summed E-state index contributed by atoms with van der Waals surface area (Å²) in [5.41, 5.74) is 4.79. The second kappa shape index (κ2) is 7.32. The summed E-state index contributed by atoms with van der Waals surface area (Å²) in [7, 11) is 0. The van der Waals surface area contributed by atoms with Crippen molar-refractivity contribution >= 4 is 39.9 Å². The highest BCUT2D eigenvalue weighted by Crippen LogP contribution is 2.25. The van der Waals surface area contributed by atoms with Crippen LogP contribution < -0.4 is 5.43 Å². The quantitative estimate of drug-likeness (QED) is 0.422. The number of nitro benzene ring substituents is 1. The lowest BCUT2D eigenvalue weighted by Crippen LogP contribution is -2.24. The number of hydrogen-bond donors (Lipinski definition) is 1. The average Bonchev–Trinajstić information content (AvgIpc) is 3.03. The van der Waals surface area contributed by atoms with Gasteiger partial charge in [-0.15, -0.1) is 0 Å². The Morgan fingerprint density at radius 3 is 2.88 bits per heavy atom. The van der Waals surface area contributed by atoms with Crippen molar-refractivity contribution in [3.8, 4) is 0 Å². The van der Waals surface area contributed by atoms with E-state index in [4.69, 9.17) is 11.6 Å². The standard InChI is InChI=1S/C17H14ClN5O3/c1-11(12-6-7-13(18)16(8-12)23(25)26)20-21-17(24)9-22-10-19-14-4-2-3-5-15(14)22/h2-8,10H,9H2,1H3,(H,21,24). The SMILES string of the molecule is CC(=NNC(=O)Cn1cnc2ccccc21)c1ccc(Cl)c([N+](=O)[O-])c1. The van der Waals surface area contributed by atoms with Gasteiger partial charge in [0, 0.05) is 11.6 Å². The lowest BCUT2D eigenvalue weighted by molar-refractivity contribution is -0.384. The molecule has 1 amide bonds. The minimum Gasteiger partial charge on any atom is -0.321 e. The zero-order chi connectivity index (χ0) is 18.7. The van der Waals surface area contributed by atoms with Gasteiger partial charge in [0.1, 0.15) is 11.6 Å². The fourth-order valence-corrected chi connectivity index (χ4v) is 2.60. The van der Waals surface area contributed by atoms with E-state index in [1.807, 2.05) is 24.3 Å². The first-order valence-electron chi connectivity index (χ1n) is 7.63. The highest BCUT2D eigenvalue weighted by atomic mass is 35.5. The van der Waals surface area contributed by atoms with Crippen LogP contribution in [-0.4, -0.2) is 26.1 Å². The fourth-order valence-electron chi connectivity index (χ4n) is 2.41. The number of aromatic nitrogens is 2. The highest BCUT2D eigenvalue weighted by molar-refractivity contribution is 6.32. The van der Waals surface area contributed by atoms with E-state index < -0.39 is 4.92 Å². The van der Waals surface area contributed by atoms with Crippen LogP contribution in [0.25, 0.3) is 11.0 Å². The number of amides is 1. The van der Waals surface area contributed by atoms with Crippen LogP contribution in [0.4, 0.5) is 5.69 Å². The summed E-state index contributed by atoms with van der Waals surface area (Å²) in [4.78, 5) is 26.7. The molecule has 0 radical (unpaired) electrons. The summed E-state index contributed by atoms with van der Waals surface area (Å²) in [5, 5.41) is 15.0. The lowest BCUT2D eigenvalue weighted by atomic mass is 10.1. The van der Waals surface area contributed by atoms with Crippen molar-refractivity contribution < 1.29 is 9.72 Å². The van der Waals surface area contributed by atoms with Gasteiger partial charge in [-0.2, -0.15) is 5.10 Å². The average molecular weight is 372 g/mol. The van der Waals surface area contributed by atoms with Gasteiger partial charge in [-0.1, -0.05) is 29.8 Å². The van der Waals surface area contributed by atoms with Gasteiger partial charge in [0.25, 0.3) is 11.6 Å². The zero-order valence-electron chi connectivity index (χ0n) is 13.7. The molecule has 0 aliphatic rings. The maximum Gasteiger partial charge on any atom is 0.288 e. The molecular weight excluding hydrogens is 358 g/mol. The van der Waals surface area contributed by atoms with E-state index >= 15 is 0 Å². The minimum atomic E-state index is -0.568. The van der Waals surface area contributed by atoms with Gasteiger partial charge in [0.05, 0.1) is 28.0 Å². The van der Waals surface area contributed by atoms with Crippen LogP contribution in [-0.2, 0) is 11.3 Å². The van der Waals surface area contributed by atoms with Crippen molar-refractivity contribution in [2.75, 3.05) is 0 Å². The van der Waals surface area contributed by atoms with Crippen LogP contribution in [0.2, 0.25) is 5.02 Å². The summed E-state index contributed by atoms with van der Waals surface area (Å²) in [6, 6.07) is 11.8. The van der Waals surface area contributed by atoms with Gasteiger partial charge < -0.3 is 4.57 Å². The molecule has 1 heterocycles. The summed E-state index contributed by atoms with van der Waals surface area (Å²) in [6.45, 7) is 1.69. The Balaban J connectivity index is 1.72. The van der Waals surface area contributed by atoms with Gasteiger partial charge >= 0.3 is 0 Å². The summed E-state index contributed by atoms with van der Waals surface area (Å²) < 4.78 is 1.71. The van der Waals surface area contributed by atoms with Crippen LogP contribution >= 0.6 is 11.6 Å². The number of hydrazone groups is 1. The van der Waals surface area contributed by atoms with E-state index in [9.17, 15) is 14.9 Å². The van der Waals surface area contributed by atoms with E-state index in [0.717, 1.165) is 11.0 Å². The maximum absolute atomic E-state index is 12.1. The van der Waals surface area contributed by atoms with Gasteiger partial charge in [0.15, 0.2) is 0 Å². The van der Waals surface area contributed by atoms with Crippen molar-refractivity contribution in [1.82, 2.24) is 15.0 Å². The number of benzene rings is 2. The Hall–Kier alpha value is -3.26. The van der Waals surface area contributed by atoms with Crippen molar-refractivity contribution in [3.63, 3.8) is 0 Å². The molecule has 2 aromatic carbocycles. The van der Waals surface area contributed by atoms with Crippen LogP contribution in [0.1, 0.15) is 12.5 Å². The predicted molar refractivity (Wildman–Crippen MR) is 98.2 cm³/mol. The molecular formula is C17H14ClN5O3. The molecule has 26 heavy (non-hydrogen) atoms. The van der Waals surface area contributed by atoms with Crippen molar-refractivity contribution in [2.24, 2.45) is 5.10 Å². The number of carbonyl (C=O) groups excluding carboxylic acids is 1. The van der Waals surface area contributed by atoms with Crippen LogP contribution in [0, 0.1) is 10.1 Å². The molecule has 0 saturated heterocycles. The Morgan fingerprint density at radius 1 is 1.35 bits per heavy atom. The number of nitrogens with one attached hydrogen (secondary N) is 1. The molecule has 1 N–H and O–H groups in total. The number of halogens is 1. The zero-order valence-corrected chi connectivity index (χ0v) is 14.5. The molecule has 8 nitrogen and oxygen atoms in total. The molecule has 0 aliphatic carbocycles. The van der Waals surface area contributed by atoms with E-state index in [1.165, 1.54) is 12.1 Å². The predicted octanol–water partition coefficient (Wildman–Crippen LogP) is 3.14. The third-order valence-electron chi connectivity index (χ3n) is 3.75. The molecule has 3 rings (SSSR count). The third-order valence-corrected chi connectivity index (χ3v) is 4.07. The van der Waals surface area contributed by atoms with Crippen molar-refractivity contribution in [1.29, 1.82) is 0 Å². The van der Waals surface area contributed by atoms with Gasteiger partial charge in [-0.25, -0.2) is 10.4 Å². The summed E-state index contributed by atoms with van der Waals surface area (Å²) in [6.07, 6.45) is 1.59. The van der Waals surface area contributed by atoms with Crippen LogP contribution in [0.3, 0.4) is 0 Å². The molecule has 0 bridgehead atoms. The molecule has 0 saturated carbocycles. The minimum absolute atomic E-state index is 0.0440. The molecule has 0 unspecified atom stereocenters. The Bertz CT molecular complexity index is 1030. The fraction of sp³-hybridized carbons (Fsp3) is 0.118. The number of hydrogen-bond acceptors (Lipinski definition) is 5. The third kappa shape index (κ3) is 3.70. The molecule has 132 valence electrons. The number of carbonyl (C=O) groups is 1. The van der Waals surface area contributed by atoms with Gasteiger partial charge in [-0.3, -0.25) is 14.9 Å². The largest absolute Gasteiger partial charge is 0.321 e. The first-order valence-corrected chi connectivity index (χ1v) is 8.01. The summed E-state index contributed by atoms with van der Waals surface area (Å²) in [5.74, 6) is -0.337. The Morgan fingerprint density at radius 2 is 2.12 bits per heavy atom. The topological polar surface area (TPSA) is 102 Å². The molecule has 9 heteroatoms. The van der Waals surface area contributed by atoms with E-state index in [2.05, 4.69) is 15.5 Å². The van der Waals surface area contributed by atoms with E-state index in [1.54, 1.807) is 23.9 Å². The monoisotopic (exact) mass is 371 g/mol. The summed E-state index contributed by atoms with van der Waals surface area (Å²) >= 11 is 5.79. The second-order valence-electron chi connectivity index (χ2n) is 5.52. The van der Waals surface area contributed by atoms with Gasteiger partial charge in [0.2, 0.25) is 0 Å². The molecule has 0 atom stereocenters. The number of nitro groups is 1. The first-order chi connectivity index (χ1) is 12.5. The normalized spacial score (nSPS) is 11.5. The molecule has 0 spiro atoms. The Kier molecular flexibility index (Phi) is 4.94. The molecule has 0 aliphatic heterocycles. The highest BCUT2D eigenvalue weighted by Gasteiger charge is 2.14. The van der Waals surface area contributed by atoms with Gasteiger partial charge in [-0.05, 0) is 25.1 Å². The van der Waals surface area contributed by atoms with Crippen molar-refractivity contribution in [3.05, 3.63) is 69.5 Å². The number of imidazole rings is 1. The van der Waals surface area contributed by atoms with Crippen LogP contribution in [0.15, 0.2) is 53.9 Å². The van der Waals surface area contributed by atoms with Crippen molar-refractivity contribution in [2.45, 2.75) is 13.5 Å². The second-order valence-corrected chi connectivity index (χ2v) is 5.92. The Labute approximate surface area is 153 Å². The molecule has 3 aromatic rings. The lowest BCUT2D eigenvalue weighted by Gasteiger charge is -2.05. The van der Waals surface area contributed by atoms with E-state index in [-0.39, 0.29) is 23.2 Å². The maximum atomic E-state index is 12.1. The number of rotatable bonds is 5. The molecule has 1 aromatic heterocycles. The molecule has 0 fully saturated rings. The number of fused-ring (bicyclic) bond motifs is 1. The van der Waals surface area contributed by atoms with Crippen LogP contribution in [0.5, 0.6) is 0 Å². The first kappa shape index (κ1) is 17.6.